The van der Waals surface area contributed by atoms with Crippen LogP contribution in [0.25, 0.3) is 116 Å². The highest BCUT2D eigenvalue weighted by Gasteiger charge is 2.28. The van der Waals surface area contributed by atoms with E-state index in [1.54, 1.807) is 0 Å². The zero-order valence-corrected chi connectivity index (χ0v) is 31.8. The fourth-order valence-electron chi connectivity index (χ4n) is 9.87. The maximum Gasteiger partial charge on any atom is 0.235 e. The lowest BCUT2D eigenvalue weighted by Gasteiger charge is -2.15. The van der Waals surface area contributed by atoms with Crippen molar-refractivity contribution in [1.29, 1.82) is 0 Å². The summed E-state index contributed by atoms with van der Waals surface area (Å²) in [7, 11) is 0. The van der Waals surface area contributed by atoms with Gasteiger partial charge in [-0.2, -0.15) is 0 Å². The van der Waals surface area contributed by atoms with Crippen LogP contribution in [0.4, 0.5) is 0 Å². The van der Waals surface area contributed by atoms with E-state index in [0.717, 1.165) is 66.5 Å². The van der Waals surface area contributed by atoms with Gasteiger partial charge in [0.25, 0.3) is 0 Å². The third-order valence-corrected chi connectivity index (χ3v) is 12.2. The van der Waals surface area contributed by atoms with Crippen LogP contribution in [0.5, 0.6) is 0 Å². The molecule has 0 N–H and O–H groups in total. The van der Waals surface area contributed by atoms with Crippen LogP contribution in [-0.2, 0) is 0 Å². The Bertz CT molecular complexity index is 3820. The van der Waals surface area contributed by atoms with Gasteiger partial charge in [0.05, 0.1) is 44.3 Å². The van der Waals surface area contributed by atoms with Crippen LogP contribution in [0.1, 0.15) is 0 Å². The van der Waals surface area contributed by atoms with Crippen LogP contribution < -0.4 is 0 Å². The smallest absolute Gasteiger partial charge is 0.235 e. The quantitative estimate of drug-likeness (QED) is 0.180. The van der Waals surface area contributed by atoms with Crippen molar-refractivity contribution < 1.29 is 0 Å². The number of rotatable bonds is 4. The summed E-state index contributed by atoms with van der Waals surface area (Å²) in [5.74, 6) is 0.643. The highest BCUT2D eigenvalue weighted by Crippen LogP contribution is 2.50. The van der Waals surface area contributed by atoms with Gasteiger partial charge < -0.3 is 9.13 Å². The highest BCUT2D eigenvalue weighted by molar-refractivity contribution is 6.42. The molecule has 4 aromatic heterocycles. The van der Waals surface area contributed by atoms with E-state index in [2.05, 4.69) is 214 Å². The second-order valence-electron chi connectivity index (χ2n) is 15.3. The molecule has 0 bridgehead atoms. The van der Waals surface area contributed by atoms with Crippen molar-refractivity contribution in [3.8, 4) is 28.6 Å². The van der Waals surface area contributed by atoms with Gasteiger partial charge in [-0.05, 0) is 54.6 Å². The van der Waals surface area contributed by atoms with Gasteiger partial charge in [-0.25, -0.2) is 9.97 Å². The van der Waals surface area contributed by atoms with Crippen LogP contribution in [0.15, 0.2) is 200 Å². The molecule has 5 nitrogen and oxygen atoms in total. The predicted octanol–water partition coefficient (Wildman–Crippen LogP) is 13.7. The molecule has 9 aromatic carbocycles. The molecule has 0 aliphatic rings. The molecule has 5 heteroatoms. The van der Waals surface area contributed by atoms with E-state index in [4.69, 9.17) is 9.97 Å². The molecule has 0 spiro atoms. The Morgan fingerprint density at radius 1 is 0.288 bits per heavy atom. The molecule has 59 heavy (non-hydrogen) atoms. The summed E-state index contributed by atoms with van der Waals surface area (Å²) >= 11 is 0. The molecule has 0 saturated carbocycles. The fraction of sp³-hybridized carbons (Fsp3) is 0. The second kappa shape index (κ2) is 12.2. The van der Waals surface area contributed by atoms with Crippen molar-refractivity contribution in [2.24, 2.45) is 0 Å². The Balaban J connectivity index is 1.33. The second-order valence-corrected chi connectivity index (χ2v) is 15.3. The van der Waals surface area contributed by atoms with Crippen molar-refractivity contribution >= 4 is 87.1 Å². The van der Waals surface area contributed by atoms with E-state index < -0.39 is 0 Å². The zero-order valence-electron chi connectivity index (χ0n) is 31.8. The largest absolute Gasteiger partial charge is 0.309 e. The summed E-state index contributed by atoms with van der Waals surface area (Å²) in [5, 5.41) is 10.6. The fourth-order valence-corrected chi connectivity index (χ4v) is 9.87. The lowest BCUT2D eigenvalue weighted by molar-refractivity contribution is 1.02. The Kier molecular flexibility index (Phi) is 6.66. The molecule has 0 atom stereocenters. The topological polar surface area (TPSA) is 40.6 Å². The zero-order chi connectivity index (χ0) is 38.6. The summed E-state index contributed by atoms with van der Waals surface area (Å²) in [5.41, 5.74) is 11.9. The van der Waals surface area contributed by atoms with Gasteiger partial charge in [0.2, 0.25) is 5.95 Å². The lowest BCUT2D eigenvalue weighted by Crippen LogP contribution is -2.04. The molecule has 4 heterocycles. The number of hydrogen-bond acceptors (Lipinski definition) is 2. The van der Waals surface area contributed by atoms with Crippen molar-refractivity contribution in [3.63, 3.8) is 0 Å². The molecule has 13 aromatic rings. The molecule has 0 aliphatic carbocycles. The van der Waals surface area contributed by atoms with E-state index in [9.17, 15) is 0 Å². The SMILES string of the molecule is c1ccc(-c2nc(-n3c4ccccc4c4c5c(ccc6c5c5ccccc5n6-c5ccccc5)c5c(c6ccccc6n5-c5ccccc5)c43)nc3ccccc23)cc1. The summed E-state index contributed by atoms with van der Waals surface area (Å²) in [6.45, 7) is 0. The van der Waals surface area contributed by atoms with E-state index >= 15 is 0 Å². The molecular formula is C54H33N5. The summed E-state index contributed by atoms with van der Waals surface area (Å²) < 4.78 is 7.24. The average molecular weight is 752 g/mol. The Hall–Kier alpha value is -8.02. The van der Waals surface area contributed by atoms with Crippen molar-refractivity contribution in [3.05, 3.63) is 200 Å². The lowest BCUT2D eigenvalue weighted by atomic mass is 9.95. The first-order valence-corrected chi connectivity index (χ1v) is 20.1. The number of aromatic nitrogens is 5. The van der Waals surface area contributed by atoms with Gasteiger partial charge in [-0.3, -0.25) is 4.57 Å². The molecule has 0 saturated heterocycles. The monoisotopic (exact) mass is 751 g/mol. The van der Waals surface area contributed by atoms with Gasteiger partial charge in [-0.1, -0.05) is 146 Å². The van der Waals surface area contributed by atoms with Gasteiger partial charge in [0.1, 0.15) is 0 Å². The summed E-state index contributed by atoms with van der Waals surface area (Å²) in [6.07, 6.45) is 0. The van der Waals surface area contributed by atoms with Crippen LogP contribution in [0, 0.1) is 0 Å². The highest BCUT2D eigenvalue weighted by atomic mass is 15.2. The van der Waals surface area contributed by atoms with Crippen LogP contribution in [0.3, 0.4) is 0 Å². The first-order valence-electron chi connectivity index (χ1n) is 20.1. The molecule has 13 rings (SSSR count). The summed E-state index contributed by atoms with van der Waals surface area (Å²) in [4.78, 5) is 11.0. The van der Waals surface area contributed by atoms with Gasteiger partial charge >= 0.3 is 0 Å². The third-order valence-electron chi connectivity index (χ3n) is 12.2. The van der Waals surface area contributed by atoms with Crippen LogP contribution in [-0.4, -0.2) is 23.7 Å². The first-order chi connectivity index (χ1) is 29.3. The van der Waals surface area contributed by atoms with E-state index in [0.29, 0.717) is 5.95 Å². The first kappa shape index (κ1) is 32.1. The average Bonchev–Trinajstić information content (AvgIpc) is 3.96. The maximum absolute atomic E-state index is 5.54. The Labute approximate surface area is 338 Å². The summed E-state index contributed by atoms with van der Waals surface area (Å²) in [6, 6.07) is 71.6. The van der Waals surface area contributed by atoms with Gasteiger partial charge in [0.15, 0.2) is 0 Å². The van der Waals surface area contributed by atoms with Crippen molar-refractivity contribution in [2.75, 3.05) is 0 Å². The number of fused-ring (bicyclic) bond motifs is 15. The maximum atomic E-state index is 5.54. The number of para-hydroxylation sites is 6. The van der Waals surface area contributed by atoms with Crippen LogP contribution in [0.2, 0.25) is 0 Å². The number of nitrogens with zero attached hydrogens (tertiary/aromatic N) is 5. The number of hydrogen-bond donors (Lipinski definition) is 0. The predicted molar refractivity (Wildman–Crippen MR) is 245 cm³/mol. The molecule has 0 radical (unpaired) electrons. The van der Waals surface area contributed by atoms with E-state index in [1.807, 2.05) is 0 Å². The standard InChI is InChI=1S/C54H33N5/c1-4-18-34(19-5-1)51-37-24-10-14-28-42(37)55-54(56-51)59-45-31-17-12-26-39(45)49-48-41(32-33-46-47(48)38-25-11-15-29-43(38)57(46)35-20-6-2-7-21-35)52-50(53(49)59)40-27-13-16-30-44(40)58(52)36-22-8-3-9-23-36/h1-33H. The Morgan fingerprint density at radius 3 is 1.47 bits per heavy atom. The minimum Gasteiger partial charge on any atom is -0.309 e. The Morgan fingerprint density at radius 2 is 0.797 bits per heavy atom. The van der Waals surface area contributed by atoms with Crippen molar-refractivity contribution in [2.45, 2.75) is 0 Å². The van der Waals surface area contributed by atoms with Gasteiger partial charge in [-0.15, -0.1) is 0 Å². The normalized spacial score (nSPS) is 12.1. The minimum absolute atomic E-state index is 0.643. The van der Waals surface area contributed by atoms with E-state index in [-0.39, 0.29) is 0 Å². The van der Waals surface area contributed by atoms with Crippen molar-refractivity contribution in [1.82, 2.24) is 23.7 Å². The molecule has 0 unspecified atom stereocenters. The van der Waals surface area contributed by atoms with Gasteiger partial charge in [0, 0.05) is 65.4 Å². The third kappa shape index (κ3) is 4.44. The molecule has 0 fully saturated rings. The molecule has 274 valence electrons. The molecule has 0 aliphatic heterocycles. The molecular weight excluding hydrogens is 719 g/mol. The minimum atomic E-state index is 0.643. The number of benzene rings is 9. The van der Waals surface area contributed by atoms with E-state index in [1.165, 1.54) is 43.2 Å². The van der Waals surface area contributed by atoms with Crippen LogP contribution >= 0.6 is 0 Å². The molecule has 0 amide bonds.